The van der Waals surface area contributed by atoms with Crippen molar-refractivity contribution in [2.45, 2.75) is 26.5 Å². The summed E-state index contributed by atoms with van der Waals surface area (Å²) in [6, 6.07) is 14.8. The second-order valence-corrected chi connectivity index (χ2v) is 5.23. The fourth-order valence-corrected chi connectivity index (χ4v) is 2.01. The summed E-state index contributed by atoms with van der Waals surface area (Å²) in [5.74, 6) is 1.38. The van der Waals surface area contributed by atoms with Crippen LogP contribution in [0, 0.1) is 0 Å². The molecular weight excluding hydrogens is 278 g/mol. The summed E-state index contributed by atoms with van der Waals surface area (Å²) in [6.45, 7) is 4.45. The number of nitrogens with one attached hydrogen (secondary N) is 1. The van der Waals surface area contributed by atoms with E-state index >= 15 is 0 Å². The van der Waals surface area contributed by atoms with Crippen molar-refractivity contribution < 1.29 is 14.3 Å². The summed E-state index contributed by atoms with van der Waals surface area (Å²) in [5.41, 5.74) is 1.60. The van der Waals surface area contributed by atoms with E-state index in [1.807, 2.05) is 44.2 Å². The molecule has 2 aromatic rings. The zero-order valence-corrected chi connectivity index (χ0v) is 13.1. The zero-order chi connectivity index (χ0) is 15.9. The van der Waals surface area contributed by atoms with Gasteiger partial charge >= 0.3 is 0 Å². The number of ether oxygens (including phenoxy) is 2. The van der Waals surface area contributed by atoms with E-state index in [2.05, 4.69) is 5.32 Å². The van der Waals surface area contributed by atoms with Crippen LogP contribution in [0.1, 0.15) is 29.8 Å². The van der Waals surface area contributed by atoms with Gasteiger partial charge in [-0.3, -0.25) is 4.79 Å². The summed E-state index contributed by atoms with van der Waals surface area (Å²) < 4.78 is 10.7. The largest absolute Gasteiger partial charge is 0.497 e. The molecule has 0 heterocycles. The highest BCUT2D eigenvalue weighted by molar-refractivity contribution is 5.94. The van der Waals surface area contributed by atoms with Crippen LogP contribution in [0.2, 0.25) is 0 Å². The molecule has 4 nitrogen and oxygen atoms in total. The third-order valence-corrected chi connectivity index (χ3v) is 3.08. The fraction of sp³-hybridized carbons (Fsp3) is 0.278. The number of carbonyl (C=O) groups excluding carboxylic acids is 1. The van der Waals surface area contributed by atoms with Crippen molar-refractivity contribution in [3.63, 3.8) is 0 Å². The van der Waals surface area contributed by atoms with Crippen LogP contribution in [-0.2, 0) is 6.54 Å². The first-order valence-electron chi connectivity index (χ1n) is 7.26. The molecule has 2 aromatic carbocycles. The highest BCUT2D eigenvalue weighted by Gasteiger charge is 2.06. The lowest BCUT2D eigenvalue weighted by molar-refractivity contribution is 0.0950. The smallest absolute Gasteiger partial charge is 0.251 e. The third kappa shape index (κ3) is 4.52. The SMILES string of the molecule is COc1cccc(C(=O)NCc2ccc(OC(C)C)cc2)c1. The van der Waals surface area contributed by atoms with Gasteiger partial charge < -0.3 is 14.8 Å². The van der Waals surface area contributed by atoms with E-state index in [9.17, 15) is 4.79 Å². The van der Waals surface area contributed by atoms with E-state index in [-0.39, 0.29) is 12.0 Å². The molecule has 0 aliphatic carbocycles. The molecule has 0 unspecified atom stereocenters. The lowest BCUT2D eigenvalue weighted by Crippen LogP contribution is -2.22. The number of amides is 1. The van der Waals surface area contributed by atoms with Crippen LogP contribution >= 0.6 is 0 Å². The Hall–Kier alpha value is -2.49. The van der Waals surface area contributed by atoms with Gasteiger partial charge in [0.05, 0.1) is 13.2 Å². The van der Waals surface area contributed by atoms with E-state index in [4.69, 9.17) is 9.47 Å². The first-order chi connectivity index (χ1) is 10.6. The molecule has 1 amide bonds. The molecule has 0 atom stereocenters. The quantitative estimate of drug-likeness (QED) is 0.889. The summed E-state index contributed by atoms with van der Waals surface area (Å²) in [7, 11) is 1.58. The maximum absolute atomic E-state index is 12.1. The molecule has 0 bridgehead atoms. The number of rotatable bonds is 6. The minimum atomic E-state index is -0.124. The van der Waals surface area contributed by atoms with Gasteiger partial charge in [-0.05, 0) is 49.7 Å². The van der Waals surface area contributed by atoms with Crippen molar-refractivity contribution in [3.05, 3.63) is 59.7 Å². The maximum atomic E-state index is 12.1. The molecule has 0 saturated heterocycles. The number of hydrogen-bond donors (Lipinski definition) is 1. The average molecular weight is 299 g/mol. The standard InChI is InChI=1S/C18H21NO3/c1-13(2)22-16-9-7-14(8-10-16)12-19-18(20)15-5-4-6-17(11-15)21-3/h4-11,13H,12H2,1-3H3,(H,19,20). The van der Waals surface area contributed by atoms with Gasteiger partial charge in [-0.1, -0.05) is 18.2 Å². The Balaban J connectivity index is 1.93. The highest BCUT2D eigenvalue weighted by Crippen LogP contribution is 2.15. The summed E-state index contributed by atoms with van der Waals surface area (Å²) in [4.78, 5) is 12.1. The molecule has 0 saturated carbocycles. The van der Waals surface area contributed by atoms with Gasteiger partial charge in [-0.2, -0.15) is 0 Å². The molecule has 1 N–H and O–H groups in total. The van der Waals surface area contributed by atoms with Crippen LogP contribution in [0.15, 0.2) is 48.5 Å². The van der Waals surface area contributed by atoms with E-state index in [0.29, 0.717) is 17.9 Å². The van der Waals surface area contributed by atoms with Gasteiger partial charge in [0, 0.05) is 12.1 Å². The van der Waals surface area contributed by atoms with Crippen LogP contribution in [0.4, 0.5) is 0 Å². The third-order valence-electron chi connectivity index (χ3n) is 3.08. The molecule has 116 valence electrons. The van der Waals surface area contributed by atoms with Gasteiger partial charge in [0.2, 0.25) is 0 Å². The highest BCUT2D eigenvalue weighted by atomic mass is 16.5. The van der Waals surface area contributed by atoms with Gasteiger partial charge in [0.1, 0.15) is 11.5 Å². The van der Waals surface area contributed by atoms with Gasteiger partial charge in [0.25, 0.3) is 5.91 Å². The predicted molar refractivity (Wildman–Crippen MR) is 86.4 cm³/mol. The molecular formula is C18H21NO3. The molecule has 4 heteroatoms. The van der Waals surface area contributed by atoms with Crippen molar-refractivity contribution in [2.75, 3.05) is 7.11 Å². The Bertz CT molecular complexity index is 620. The zero-order valence-electron chi connectivity index (χ0n) is 13.1. The Morgan fingerprint density at radius 2 is 1.82 bits per heavy atom. The minimum absolute atomic E-state index is 0.124. The van der Waals surface area contributed by atoms with Crippen LogP contribution in [0.3, 0.4) is 0 Å². The van der Waals surface area contributed by atoms with Gasteiger partial charge in [-0.15, -0.1) is 0 Å². The van der Waals surface area contributed by atoms with E-state index < -0.39 is 0 Å². The first kappa shape index (κ1) is 15.9. The molecule has 0 radical (unpaired) electrons. The van der Waals surface area contributed by atoms with Gasteiger partial charge in [-0.25, -0.2) is 0 Å². The van der Waals surface area contributed by atoms with E-state index in [1.165, 1.54) is 0 Å². The fourth-order valence-electron chi connectivity index (χ4n) is 2.01. The topological polar surface area (TPSA) is 47.6 Å². The molecule has 0 spiro atoms. The second-order valence-electron chi connectivity index (χ2n) is 5.23. The molecule has 2 rings (SSSR count). The molecule has 22 heavy (non-hydrogen) atoms. The van der Waals surface area contributed by atoms with Crippen LogP contribution < -0.4 is 14.8 Å². The van der Waals surface area contributed by atoms with E-state index in [0.717, 1.165) is 11.3 Å². The van der Waals surface area contributed by atoms with Crippen molar-refractivity contribution in [2.24, 2.45) is 0 Å². The molecule has 0 aliphatic heterocycles. The number of hydrogen-bond acceptors (Lipinski definition) is 3. The van der Waals surface area contributed by atoms with Crippen LogP contribution in [0.25, 0.3) is 0 Å². The molecule has 0 fully saturated rings. The summed E-state index contributed by atoms with van der Waals surface area (Å²) in [6.07, 6.45) is 0.151. The number of methoxy groups -OCH3 is 1. The normalized spacial score (nSPS) is 10.4. The Labute approximate surface area is 131 Å². The number of carbonyl (C=O) groups is 1. The molecule has 0 aromatic heterocycles. The van der Waals surface area contributed by atoms with E-state index in [1.54, 1.807) is 25.3 Å². The Kier molecular flexibility index (Phi) is 5.42. The monoisotopic (exact) mass is 299 g/mol. The predicted octanol–water partition coefficient (Wildman–Crippen LogP) is 3.41. The number of benzene rings is 2. The van der Waals surface area contributed by atoms with Crippen molar-refractivity contribution in [3.8, 4) is 11.5 Å². The lowest BCUT2D eigenvalue weighted by atomic mass is 10.2. The second kappa shape index (κ2) is 7.50. The Morgan fingerprint density at radius 3 is 2.45 bits per heavy atom. The van der Waals surface area contributed by atoms with Gasteiger partial charge in [0.15, 0.2) is 0 Å². The summed E-state index contributed by atoms with van der Waals surface area (Å²) >= 11 is 0. The maximum Gasteiger partial charge on any atom is 0.251 e. The lowest BCUT2D eigenvalue weighted by Gasteiger charge is -2.10. The van der Waals surface area contributed by atoms with Crippen LogP contribution in [0.5, 0.6) is 11.5 Å². The average Bonchev–Trinajstić information content (AvgIpc) is 2.53. The first-order valence-corrected chi connectivity index (χ1v) is 7.26. The minimum Gasteiger partial charge on any atom is -0.497 e. The van der Waals surface area contributed by atoms with Crippen molar-refractivity contribution in [1.82, 2.24) is 5.32 Å². The molecule has 0 aliphatic rings. The van der Waals surface area contributed by atoms with Crippen LogP contribution in [-0.4, -0.2) is 19.1 Å². The Morgan fingerprint density at radius 1 is 1.09 bits per heavy atom. The van der Waals surface area contributed by atoms with Crippen molar-refractivity contribution in [1.29, 1.82) is 0 Å². The summed E-state index contributed by atoms with van der Waals surface area (Å²) in [5, 5.41) is 2.89. The van der Waals surface area contributed by atoms with Crippen molar-refractivity contribution >= 4 is 5.91 Å².